The Hall–Kier alpha value is -3.54. The number of anilines is 1. The third kappa shape index (κ3) is 6.25. The molecule has 1 amide bonds. The standard InChI is InChI=1S/C21H15F5N2O4S/c1-11-17(33-18(27-11)12-6-8-13(9-7-12)21(24,25)26)19(30)31-10-16(29)28-14-4-2-3-5-15(14)32-20(22)23/h2-9,20H,10H2,1H3,(H,28,29). The zero-order valence-corrected chi connectivity index (χ0v) is 17.6. The van der Waals surface area contributed by atoms with E-state index in [9.17, 15) is 31.5 Å². The molecule has 0 radical (unpaired) electrons. The fourth-order valence-electron chi connectivity index (χ4n) is 2.66. The average molecular weight is 486 g/mol. The van der Waals surface area contributed by atoms with Crippen LogP contribution in [-0.4, -0.2) is 30.1 Å². The summed E-state index contributed by atoms with van der Waals surface area (Å²) in [5.74, 6) is -1.92. The SMILES string of the molecule is Cc1nc(-c2ccc(C(F)(F)F)cc2)sc1C(=O)OCC(=O)Nc1ccccc1OC(F)F. The maximum atomic E-state index is 12.7. The minimum Gasteiger partial charge on any atom is -0.451 e. The molecule has 0 saturated carbocycles. The number of hydrogen-bond acceptors (Lipinski definition) is 6. The van der Waals surface area contributed by atoms with Crippen molar-refractivity contribution in [3.8, 4) is 16.3 Å². The van der Waals surface area contributed by atoms with Gasteiger partial charge in [-0.1, -0.05) is 24.3 Å². The van der Waals surface area contributed by atoms with Crippen LogP contribution in [0.1, 0.15) is 20.9 Å². The Morgan fingerprint density at radius 3 is 2.39 bits per heavy atom. The molecule has 0 aliphatic rings. The van der Waals surface area contributed by atoms with Crippen molar-refractivity contribution in [1.29, 1.82) is 0 Å². The molecule has 0 saturated heterocycles. The van der Waals surface area contributed by atoms with E-state index in [4.69, 9.17) is 4.74 Å². The smallest absolute Gasteiger partial charge is 0.416 e. The normalized spacial score (nSPS) is 11.4. The topological polar surface area (TPSA) is 77.5 Å². The molecular weight excluding hydrogens is 471 g/mol. The number of esters is 1. The third-order valence-electron chi connectivity index (χ3n) is 4.15. The number of thiazole rings is 1. The van der Waals surface area contributed by atoms with Crippen LogP contribution in [0.2, 0.25) is 0 Å². The van der Waals surface area contributed by atoms with Crippen LogP contribution in [-0.2, 0) is 15.7 Å². The van der Waals surface area contributed by atoms with Gasteiger partial charge in [0.1, 0.15) is 15.6 Å². The summed E-state index contributed by atoms with van der Waals surface area (Å²) in [6.07, 6.45) is -4.47. The molecular formula is C21H15F5N2O4S. The highest BCUT2D eigenvalue weighted by Gasteiger charge is 2.30. The number of para-hydroxylation sites is 2. The Morgan fingerprint density at radius 2 is 1.76 bits per heavy atom. The number of amides is 1. The minimum absolute atomic E-state index is 0.0302. The van der Waals surface area contributed by atoms with Crippen LogP contribution in [0, 0.1) is 6.92 Å². The van der Waals surface area contributed by atoms with Gasteiger partial charge in [0.25, 0.3) is 5.91 Å². The van der Waals surface area contributed by atoms with Crippen LogP contribution in [0.4, 0.5) is 27.6 Å². The van der Waals surface area contributed by atoms with Gasteiger partial charge in [0, 0.05) is 5.56 Å². The lowest BCUT2D eigenvalue weighted by molar-refractivity contribution is -0.137. The molecule has 33 heavy (non-hydrogen) atoms. The predicted molar refractivity (Wildman–Crippen MR) is 109 cm³/mol. The number of rotatable bonds is 7. The summed E-state index contributed by atoms with van der Waals surface area (Å²) >= 11 is 0.897. The van der Waals surface area contributed by atoms with Gasteiger partial charge in [0.15, 0.2) is 6.61 Å². The number of ether oxygens (including phenoxy) is 2. The summed E-state index contributed by atoms with van der Waals surface area (Å²) in [5.41, 5.74) is -0.192. The van der Waals surface area contributed by atoms with Crippen molar-refractivity contribution in [1.82, 2.24) is 4.98 Å². The van der Waals surface area contributed by atoms with E-state index in [-0.39, 0.29) is 22.0 Å². The number of benzene rings is 2. The van der Waals surface area contributed by atoms with E-state index >= 15 is 0 Å². The van der Waals surface area contributed by atoms with E-state index in [0.29, 0.717) is 10.6 Å². The molecule has 1 N–H and O–H groups in total. The van der Waals surface area contributed by atoms with Gasteiger partial charge in [-0.25, -0.2) is 9.78 Å². The maximum absolute atomic E-state index is 12.7. The fourth-order valence-corrected chi connectivity index (χ4v) is 3.63. The van der Waals surface area contributed by atoms with Crippen molar-refractivity contribution in [3.63, 3.8) is 0 Å². The number of halogens is 5. The molecule has 174 valence electrons. The highest BCUT2D eigenvalue weighted by molar-refractivity contribution is 7.17. The van der Waals surface area contributed by atoms with Crippen LogP contribution in [0.15, 0.2) is 48.5 Å². The number of aryl methyl sites for hydroxylation is 1. The molecule has 1 heterocycles. The monoisotopic (exact) mass is 486 g/mol. The van der Waals surface area contributed by atoms with Gasteiger partial charge in [0.2, 0.25) is 0 Å². The number of nitrogens with zero attached hydrogens (tertiary/aromatic N) is 1. The maximum Gasteiger partial charge on any atom is 0.416 e. The van der Waals surface area contributed by atoms with E-state index in [1.165, 1.54) is 43.3 Å². The second kappa shape index (κ2) is 9.94. The molecule has 0 unspecified atom stereocenters. The summed E-state index contributed by atoms with van der Waals surface area (Å²) in [6.45, 7) is -2.29. The summed E-state index contributed by atoms with van der Waals surface area (Å²) < 4.78 is 72.3. The average Bonchev–Trinajstić information content (AvgIpc) is 3.14. The molecule has 0 aliphatic heterocycles. The Bertz CT molecular complexity index is 1150. The van der Waals surface area contributed by atoms with Crippen molar-refractivity contribution in [2.75, 3.05) is 11.9 Å². The van der Waals surface area contributed by atoms with Crippen LogP contribution in [0.5, 0.6) is 5.75 Å². The Kier molecular flexibility index (Phi) is 7.26. The molecule has 3 aromatic rings. The van der Waals surface area contributed by atoms with Gasteiger partial charge in [-0.3, -0.25) is 4.79 Å². The van der Waals surface area contributed by atoms with Gasteiger partial charge in [-0.05, 0) is 31.2 Å². The predicted octanol–water partition coefficient (Wildman–Crippen LogP) is 5.53. The van der Waals surface area contributed by atoms with E-state index in [0.717, 1.165) is 23.5 Å². The summed E-state index contributed by atoms with van der Waals surface area (Å²) in [5, 5.41) is 2.61. The van der Waals surface area contributed by atoms with Crippen LogP contribution in [0.25, 0.3) is 10.6 Å². The fraction of sp³-hybridized carbons (Fsp3) is 0.190. The van der Waals surface area contributed by atoms with Crippen molar-refractivity contribution in [2.45, 2.75) is 19.7 Å². The van der Waals surface area contributed by atoms with Crippen LogP contribution < -0.4 is 10.1 Å². The molecule has 0 fully saturated rings. The van der Waals surface area contributed by atoms with Gasteiger partial charge >= 0.3 is 18.8 Å². The van der Waals surface area contributed by atoms with Gasteiger partial charge in [-0.15, -0.1) is 11.3 Å². The quantitative estimate of drug-likeness (QED) is 0.351. The zero-order chi connectivity index (χ0) is 24.2. The first-order chi connectivity index (χ1) is 15.5. The highest BCUT2D eigenvalue weighted by Crippen LogP contribution is 2.33. The van der Waals surface area contributed by atoms with Gasteiger partial charge < -0.3 is 14.8 Å². The zero-order valence-electron chi connectivity index (χ0n) is 16.8. The number of carbonyl (C=O) groups excluding carboxylic acids is 2. The van der Waals surface area contributed by atoms with Gasteiger partial charge in [-0.2, -0.15) is 22.0 Å². The highest BCUT2D eigenvalue weighted by atomic mass is 32.1. The lowest BCUT2D eigenvalue weighted by Gasteiger charge is -2.11. The van der Waals surface area contributed by atoms with E-state index in [1.54, 1.807) is 0 Å². The number of nitrogens with one attached hydrogen (secondary N) is 1. The molecule has 12 heteroatoms. The first kappa shape index (κ1) is 24.1. The molecule has 0 bridgehead atoms. The Labute approximate surface area is 188 Å². The largest absolute Gasteiger partial charge is 0.451 e. The Balaban J connectivity index is 1.64. The summed E-state index contributed by atoms with van der Waals surface area (Å²) in [7, 11) is 0. The molecule has 0 aliphatic carbocycles. The summed E-state index contributed by atoms with van der Waals surface area (Å²) in [6, 6.07) is 9.79. The van der Waals surface area contributed by atoms with Gasteiger partial charge in [0.05, 0.1) is 16.9 Å². The van der Waals surface area contributed by atoms with Crippen molar-refractivity contribution >= 4 is 28.9 Å². The minimum atomic E-state index is -4.47. The van der Waals surface area contributed by atoms with E-state index in [1.807, 2.05) is 0 Å². The second-order valence-electron chi connectivity index (χ2n) is 6.51. The number of alkyl halides is 5. The Morgan fingerprint density at radius 1 is 1.09 bits per heavy atom. The molecule has 6 nitrogen and oxygen atoms in total. The van der Waals surface area contributed by atoms with Crippen LogP contribution >= 0.6 is 11.3 Å². The number of hydrogen-bond donors (Lipinski definition) is 1. The lowest BCUT2D eigenvalue weighted by atomic mass is 10.1. The lowest BCUT2D eigenvalue weighted by Crippen LogP contribution is -2.21. The first-order valence-electron chi connectivity index (χ1n) is 9.20. The second-order valence-corrected chi connectivity index (χ2v) is 7.51. The third-order valence-corrected chi connectivity index (χ3v) is 5.34. The van der Waals surface area contributed by atoms with E-state index < -0.39 is 36.8 Å². The first-order valence-corrected chi connectivity index (χ1v) is 10.0. The van der Waals surface area contributed by atoms with Crippen molar-refractivity contribution in [2.24, 2.45) is 0 Å². The molecule has 0 atom stereocenters. The van der Waals surface area contributed by atoms with Crippen molar-refractivity contribution < 1.29 is 41.0 Å². The molecule has 2 aromatic carbocycles. The summed E-state index contributed by atoms with van der Waals surface area (Å²) in [4.78, 5) is 28.7. The molecule has 3 rings (SSSR count). The number of carbonyl (C=O) groups is 2. The molecule has 1 aromatic heterocycles. The number of aromatic nitrogens is 1. The van der Waals surface area contributed by atoms with Crippen molar-refractivity contribution in [3.05, 3.63) is 64.7 Å². The van der Waals surface area contributed by atoms with E-state index in [2.05, 4.69) is 15.0 Å². The van der Waals surface area contributed by atoms with Crippen LogP contribution in [0.3, 0.4) is 0 Å². The molecule has 0 spiro atoms.